The fourth-order valence-corrected chi connectivity index (χ4v) is 4.02. The van der Waals surface area contributed by atoms with Gasteiger partial charge in [0, 0.05) is 17.1 Å². The Morgan fingerprint density at radius 1 is 0.783 bits per heavy atom. The molecular formula is C20H14NOP. The maximum absolute atomic E-state index is 12.9. The lowest BCUT2D eigenvalue weighted by molar-refractivity contribution is 0.103. The molecule has 4 aromatic rings. The van der Waals surface area contributed by atoms with Crippen molar-refractivity contribution in [3.8, 4) is 10.9 Å². The quantitative estimate of drug-likeness (QED) is 0.463. The highest BCUT2D eigenvalue weighted by atomic mass is 31.0. The summed E-state index contributed by atoms with van der Waals surface area (Å²) in [6.07, 6.45) is 1.97. The van der Waals surface area contributed by atoms with Gasteiger partial charge in [-0.05, 0) is 25.9 Å². The summed E-state index contributed by atoms with van der Waals surface area (Å²) in [6.45, 7) is 0. The van der Waals surface area contributed by atoms with Crippen molar-refractivity contribution >= 4 is 19.5 Å². The molecule has 0 fully saturated rings. The first kappa shape index (κ1) is 13.9. The summed E-state index contributed by atoms with van der Waals surface area (Å²) in [5.41, 5.74) is 3.75. The second-order valence-electron chi connectivity index (χ2n) is 5.30. The van der Waals surface area contributed by atoms with Gasteiger partial charge >= 0.3 is 0 Å². The fourth-order valence-electron chi connectivity index (χ4n) is 2.73. The van der Waals surface area contributed by atoms with Gasteiger partial charge in [0.25, 0.3) is 0 Å². The Kier molecular flexibility index (Phi) is 3.53. The number of rotatable bonds is 3. The van der Waals surface area contributed by atoms with Crippen LogP contribution in [0.2, 0.25) is 0 Å². The molecule has 2 heterocycles. The lowest BCUT2D eigenvalue weighted by Gasteiger charge is -2.01. The largest absolute Gasteiger partial charge is 0.309 e. The Morgan fingerprint density at radius 2 is 1.43 bits per heavy atom. The molecule has 0 N–H and O–H groups in total. The van der Waals surface area contributed by atoms with Gasteiger partial charge in [0.1, 0.15) is 5.43 Å². The summed E-state index contributed by atoms with van der Waals surface area (Å²) in [4.78, 5) is 12.9. The van der Waals surface area contributed by atoms with E-state index < -0.39 is 0 Å². The van der Waals surface area contributed by atoms with E-state index in [1.165, 1.54) is 5.30 Å². The SMILES string of the molecule is O=C(c1ccccc1)c1pc(-c2ccccc2)c2ccccn12. The maximum atomic E-state index is 12.9. The molecule has 3 heteroatoms. The van der Waals surface area contributed by atoms with E-state index in [0.29, 0.717) is 0 Å². The van der Waals surface area contributed by atoms with Crippen molar-refractivity contribution in [3.05, 3.63) is 96.0 Å². The number of hydrogen-bond donors (Lipinski definition) is 0. The average Bonchev–Trinajstić information content (AvgIpc) is 3.02. The second-order valence-corrected chi connectivity index (χ2v) is 6.40. The van der Waals surface area contributed by atoms with Gasteiger partial charge in [-0.3, -0.25) is 4.79 Å². The molecule has 2 nitrogen and oxygen atoms in total. The minimum atomic E-state index is 0.0793. The molecular weight excluding hydrogens is 301 g/mol. The topological polar surface area (TPSA) is 21.5 Å². The number of carbonyl (C=O) groups excluding carboxylic acids is 1. The molecule has 0 radical (unpaired) electrons. The van der Waals surface area contributed by atoms with Crippen LogP contribution in [0.1, 0.15) is 15.8 Å². The molecule has 0 saturated heterocycles. The van der Waals surface area contributed by atoms with Crippen molar-refractivity contribution in [2.45, 2.75) is 0 Å². The van der Waals surface area contributed by atoms with Gasteiger partial charge in [0.15, 0.2) is 0 Å². The molecule has 0 saturated carbocycles. The van der Waals surface area contributed by atoms with Crippen LogP contribution in [0, 0.1) is 0 Å². The Morgan fingerprint density at radius 3 is 2.17 bits per heavy atom. The summed E-state index contributed by atoms with van der Waals surface area (Å²) in [5, 5.41) is 1.17. The number of carbonyl (C=O) groups is 1. The van der Waals surface area contributed by atoms with E-state index in [2.05, 4.69) is 18.2 Å². The normalized spacial score (nSPS) is 11.1. The molecule has 0 aliphatic rings. The zero-order valence-corrected chi connectivity index (χ0v) is 13.3. The van der Waals surface area contributed by atoms with E-state index in [4.69, 9.17) is 0 Å². The summed E-state index contributed by atoms with van der Waals surface area (Å²) in [5.74, 6) is 0.0793. The van der Waals surface area contributed by atoms with Gasteiger partial charge in [-0.2, -0.15) is 0 Å². The van der Waals surface area contributed by atoms with Crippen molar-refractivity contribution in [2.24, 2.45) is 0 Å². The first-order valence-corrected chi connectivity index (χ1v) is 8.36. The Balaban J connectivity index is 1.94. The third kappa shape index (κ3) is 2.48. The number of pyridine rings is 1. The van der Waals surface area contributed by atoms with Crippen LogP contribution in [0.25, 0.3) is 16.4 Å². The minimum absolute atomic E-state index is 0.0793. The lowest BCUT2D eigenvalue weighted by atomic mass is 10.1. The van der Waals surface area contributed by atoms with Gasteiger partial charge in [-0.25, -0.2) is 0 Å². The van der Waals surface area contributed by atoms with Gasteiger partial charge in [-0.1, -0.05) is 66.7 Å². The molecule has 0 atom stereocenters. The third-order valence-electron chi connectivity index (χ3n) is 3.83. The molecule has 23 heavy (non-hydrogen) atoms. The zero-order chi connectivity index (χ0) is 15.6. The highest BCUT2D eigenvalue weighted by molar-refractivity contribution is 7.37. The van der Waals surface area contributed by atoms with E-state index in [1.807, 2.05) is 71.3 Å². The van der Waals surface area contributed by atoms with Crippen LogP contribution in [-0.4, -0.2) is 10.2 Å². The molecule has 0 aliphatic heterocycles. The molecule has 2 aromatic carbocycles. The molecule has 0 amide bonds. The highest BCUT2D eigenvalue weighted by Crippen LogP contribution is 2.38. The van der Waals surface area contributed by atoms with Gasteiger partial charge in [-0.15, -0.1) is 0 Å². The molecule has 4 rings (SSSR count). The van der Waals surface area contributed by atoms with Crippen molar-refractivity contribution in [2.75, 3.05) is 0 Å². The predicted molar refractivity (Wildman–Crippen MR) is 95.2 cm³/mol. The Bertz CT molecular complexity index is 974. The summed E-state index contributed by atoms with van der Waals surface area (Å²) in [7, 11) is 0.950. The van der Waals surface area contributed by atoms with Gasteiger partial charge < -0.3 is 4.40 Å². The van der Waals surface area contributed by atoms with Crippen molar-refractivity contribution < 1.29 is 4.79 Å². The van der Waals surface area contributed by atoms with Crippen LogP contribution in [-0.2, 0) is 0 Å². The van der Waals surface area contributed by atoms with Gasteiger partial charge in [0.05, 0.1) is 5.52 Å². The van der Waals surface area contributed by atoms with E-state index >= 15 is 0 Å². The molecule has 0 bridgehead atoms. The van der Waals surface area contributed by atoms with Crippen LogP contribution in [0.15, 0.2) is 85.1 Å². The average molecular weight is 315 g/mol. The molecule has 110 valence electrons. The number of nitrogens with zero attached hydrogens (tertiary/aromatic N) is 1. The Hall–Kier alpha value is -2.70. The maximum Gasteiger partial charge on any atom is 0.214 e. The molecule has 0 spiro atoms. The summed E-state index contributed by atoms with van der Waals surface area (Å²) in [6, 6.07) is 25.8. The number of fused-ring (bicyclic) bond motifs is 1. The summed E-state index contributed by atoms with van der Waals surface area (Å²) < 4.78 is 2.01. The van der Waals surface area contributed by atoms with Crippen LogP contribution >= 0.6 is 8.19 Å². The second kappa shape index (κ2) is 5.83. The van der Waals surface area contributed by atoms with Crippen LogP contribution in [0.4, 0.5) is 0 Å². The number of hydrogen-bond acceptors (Lipinski definition) is 1. The predicted octanol–water partition coefficient (Wildman–Crippen LogP) is 5.42. The first-order valence-electron chi connectivity index (χ1n) is 7.47. The van der Waals surface area contributed by atoms with E-state index in [0.717, 1.165) is 30.3 Å². The number of benzene rings is 2. The first-order chi connectivity index (χ1) is 11.3. The van der Waals surface area contributed by atoms with E-state index in [-0.39, 0.29) is 5.78 Å². The van der Waals surface area contributed by atoms with Crippen LogP contribution in [0.3, 0.4) is 0 Å². The standard InChI is InChI=1S/C20H14NOP/c22-18(15-9-3-1-4-10-15)20-21-14-8-7-13-17(21)19(23-20)16-11-5-2-6-12-16/h1-14H. The van der Waals surface area contributed by atoms with E-state index in [1.54, 1.807) is 0 Å². The minimum Gasteiger partial charge on any atom is -0.309 e. The van der Waals surface area contributed by atoms with E-state index in [9.17, 15) is 4.79 Å². The fraction of sp³-hybridized carbons (Fsp3) is 0. The van der Waals surface area contributed by atoms with Crippen molar-refractivity contribution in [1.82, 2.24) is 4.40 Å². The molecule has 0 aliphatic carbocycles. The van der Waals surface area contributed by atoms with Crippen molar-refractivity contribution in [1.29, 1.82) is 0 Å². The van der Waals surface area contributed by atoms with Gasteiger partial charge in [0.2, 0.25) is 5.78 Å². The monoisotopic (exact) mass is 315 g/mol. The molecule has 0 unspecified atom stereocenters. The van der Waals surface area contributed by atoms with Crippen LogP contribution < -0.4 is 0 Å². The van der Waals surface area contributed by atoms with Crippen molar-refractivity contribution in [3.63, 3.8) is 0 Å². The lowest BCUT2D eigenvalue weighted by Crippen LogP contribution is -2.03. The third-order valence-corrected chi connectivity index (χ3v) is 5.18. The zero-order valence-electron chi connectivity index (χ0n) is 12.4. The summed E-state index contributed by atoms with van der Waals surface area (Å²) >= 11 is 0. The molecule has 2 aromatic heterocycles. The number of aromatic nitrogens is 1. The number of ketones is 1. The smallest absolute Gasteiger partial charge is 0.214 e. The van der Waals surface area contributed by atoms with Crippen LogP contribution in [0.5, 0.6) is 0 Å². The highest BCUT2D eigenvalue weighted by Gasteiger charge is 2.18. The Labute approximate surface area is 136 Å².